The molecule has 6 heteroatoms. The molecule has 0 aromatic carbocycles. The van der Waals surface area contributed by atoms with Gasteiger partial charge in [-0.25, -0.2) is 4.98 Å². The van der Waals surface area contributed by atoms with Crippen molar-refractivity contribution >= 4 is 22.4 Å². The number of nitrogens with zero attached hydrogens (tertiary/aromatic N) is 2. The number of thiazole rings is 1. The third-order valence-electron chi connectivity index (χ3n) is 2.77. The topological polar surface area (TPSA) is 51.7 Å². The Bertz CT molecular complexity index is 407. The average Bonchev–Trinajstić information content (AvgIpc) is 2.89. The van der Waals surface area contributed by atoms with Crippen LogP contribution in [0.3, 0.4) is 0 Å². The molecule has 114 valence electrons. The standard InChI is InChI=1S/C14H24N2O3S/c1-11(2)9-16(7-8-18-3)14-15-12(10-20-14)5-6-13(17)19-4/h10-11H,5-9H2,1-4H3. The van der Waals surface area contributed by atoms with E-state index in [1.807, 2.05) is 5.38 Å². The van der Waals surface area contributed by atoms with Gasteiger partial charge in [-0.3, -0.25) is 4.79 Å². The van der Waals surface area contributed by atoms with Crippen LogP contribution in [-0.4, -0.2) is 44.9 Å². The van der Waals surface area contributed by atoms with Gasteiger partial charge in [-0.1, -0.05) is 13.8 Å². The number of aromatic nitrogens is 1. The highest BCUT2D eigenvalue weighted by Gasteiger charge is 2.13. The van der Waals surface area contributed by atoms with Crippen molar-refractivity contribution in [1.29, 1.82) is 0 Å². The fourth-order valence-corrected chi connectivity index (χ4v) is 2.69. The van der Waals surface area contributed by atoms with E-state index in [-0.39, 0.29) is 5.97 Å². The van der Waals surface area contributed by atoms with Crippen molar-refractivity contribution in [2.75, 3.05) is 38.8 Å². The van der Waals surface area contributed by atoms with E-state index in [9.17, 15) is 4.79 Å². The molecule has 0 N–H and O–H groups in total. The lowest BCUT2D eigenvalue weighted by atomic mass is 10.2. The zero-order valence-corrected chi connectivity index (χ0v) is 13.5. The van der Waals surface area contributed by atoms with Gasteiger partial charge in [0.2, 0.25) is 0 Å². The number of rotatable bonds is 9. The fraction of sp³-hybridized carbons (Fsp3) is 0.714. The van der Waals surface area contributed by atoms with Crippen LogP contribution in [0.2, 0.25) is 0 Å². The third kappa shape index (κ3) is 5.88. The Morgan fingerprint density at radius 1 is 1.45 bits per heavy atom. The van der Waals surface area contributed by atoms with Crippen molar-refractivity contribution in [3.63, 3.8) is 0 Å². The van der Waals surface area contributed by atoms with Crippen LogP contribution in [0.1, 0.15) is 26.0 Å². The first kappa shape index (κ1) is 16.9. The second-order valence-electron chi connectivity index (χ2n) is 5.03. The van der Waals surface area contributed by atoms with Crippen LogP contribution < -0.4 is 4.90 Å². The maximum absolute atomic E-state index is 11.1. The van der Waals surface area contributed by atoms with Crippen LogP contribution in [0.4, 0.5) is 5.13 Å². The second-order valence-corrected chi connectivity index (χ2v) is 5.87. The average molecular weight is 300 g/mol. The van der Waals surface area contributed by atoms with Crippen LogP contribution in [0.25, 0.3) is 0 Å². The Labute approximate surface area is 124 Å². The van der Waals surface area contributed by atoms with Gasteiger partial charge in [0.05, 0.1) is 25.8 Å². The quantitative estimate of drug-likeness (QED) is 0.655. The molecule has 5 nitrogen and oxygen atoms in total. The first-order valence-corrected chi connectivity index (χ1v) is 7.69. The van der Waals surface area contributed by atoms with Gasteiger partial charge in [0.25, 0.3) is 0 Å². The van der Waals surface area contributed by atoms with Crippen molar-refractivity contribution in [3.8, 4) is 0 Å². The van der Waals surface area contributed by atoms with E-state index in [1.54, 1.807) is 18.4 Å². The molecule has 20 heavy (non-hydrogen) atoms. The summed E-state index contributed by atoms with van der Waals surface area (Å²) in [6.07, 6.45) is 1.00. The maximum Gasteiger partial charge on any atom is 0.305 e. The molecule has 0 amide bonds. The predicted octanol–water partition coefficient (Wildman–Crippen LogP) is 2.36. The van der Waals surface area contributed by atoms with Crippen LogP contribution in [0.5, 0.6) is 0 Å². The molecule has 1 aromatic heterocycles. The van der Waals surface area contributed by atoms with E-state index in [1.165, 1.54) is 7.11 Å². The van der Waals surface area contributed by atoms with Crippen LogP contribution in [0.15, 0.2) is 5.38 Å². The molecule has 0 saturated heterocycles. The molecule has 0 bridgehead atoms. The molecule has 0 aliphatic carbocycles. The van der Waals surface area contributed by atoms with Crippen LogP contribution in [-0.2, 0) is 20.7 Å². The zero-order valence-electron chi connectivity index (χ0n) is 12.7. The zero-order chi connectivity index (χ0) is 15.0. The number of esters is 1. The van der Waals surface area contributed by atoms with Crippen molar-refractivity contribution in [2.45, 2.75) is 26.7 Å². The number of methoxy groups -OCH3 is 2. The summed E-state index contributed by atoms with van der Waals surface area (Å²) in [5.41, 5.74) is 0.946. The van der Waals surface area contributed by atoms with Gasteiger partial charge >= 0.3 is 5.97 Å². The summed E-state index contributed by atoms with van der Waals surface area (Å²) in [7, 11) is 3.11. The van der Waals surface area contributed by atoms with Gasteiger partial charge < -0.3 is 14.4 Å². The van der Waals surface area contributed by atoms with Crippen molar-refractivity contribution < 1.29 is 14.3 Å². The highest BCUT2D eigenvalue weighted by atomic mass is 32.1. The SMILES string of the molecule is COCCN(CC(C)C)c1nc(CCC(=O)OC)cs1. The molecule has 0 atom stereocenters. The molecular formula is C14H24N2O3S. The largest absolute Gasteiger partial charge is 0.469 e. The normalized spacial score (nSPS) is 10.8. The Hall–Kier alpha value is -1.14. The van der Waals surface area contributed by atoms with Gasteiger partial charge in [0.1, 0.15) is 0 Å². The lowest BCUT2D eigenvalue weighted by Crippen LogP contribution is -2.30. The van der Waals surface area contributed by atoms with E-state index < -0.39 is 0 Å². The summed E-state index contributed by atoms with van der Waals surface area (Å²) in [6, 6.07) is 0. The van der Waals surface area contributed by atoms with Gasteiger partial charge in [-0.05, 0) is 5.92 Å². The number of carbonyl (C=O) groups is 1. The highest BCUT2D eigenvalue weighted by molar-refractivity contribution is 7.13. The minimum Gasteiger partial charge on any atom is -0.469 e. The van der Waals surface area contributed by atoms with Crippen molar-refractivity contribution in [2.24, 2.45) is 5.92 Å². The number of ether oxygens (including phenoxy) is 2. The Kier molecular flexibility index (Phi) is 7.54. The summed E-state index contributed by atoms with van der Waals surface area (Å²) in [5.74, 6) is 0.368. The fourth-order valence-electron chi connectivity index (χ4n) is 1.80. The highest BCUT2D eigenvalue weighted by Crippen LogP contribution is 2.22. The first-order chi connectivity index (χ1) is 9.56. The maximum atomic E-state index is 11.1. The van der Waals surface area contributed by atoms with E-state index in [4.69, 9.17) is 4.74 Å². The predicted molar refractivity (Wildman–Crippen MR) is 81.4 cm³/mol. The number of anilines is 1. The third-order valence-corrected chi connectivity index (χ3v) is 3.72. The number of hydrogen-bond acceptors (Lipinski definition) is 6. The van der Waals surface area contributed by atoms with Gasteiger partial charge in [-0.2, -0.15) is 0 Å². The summed E-state index contributed by atoms with van der Waals surface area (Å²) in [6.45, 7) is 6.84. The van der Waals surface area contributed by atoms with E-state index >= 15 is 0 Å². The molecule has 0 aliphatic rings. The first-order valence-electron chi connectivity index (χ1n) is 6.82. The van der Waals surface area contributed by atoms with Gasteiger partial charge in [0, 0.05) is 32.0 Å². The lowest BCUT2D eigenvalue weighted by Gasteiger charge is -2.23. The number of aryl methyl sites for hydroxylation is 1. The summed E-state index contributed by atoms with van der Waals surface area (Å²) in [5, 5.41) is 3.01. The summed E-state index contributed by atoms with van der Waals surface area (Å²) in [4.78, 5) is 18.0. The molecule has 0 aliphatic heterocycles. The molecule has 1 aromatic rings. The minimum absolute atomic E-state index is 0.196. The molecule has 0 spiro atoms. The van der Waals surface area contributed by atoms with Gasteiger partial charge in [-0.15, -0.1) is 11.3 Å². The lowest BCUT2D eigenvalue weighted by molar-refractivity contribution is -0.140. The minimum atomic E-state index is -0.196. The number of carbonyl (C=O) groups excluding carboxylic acids is 1. The molecule has 1 rings (SSSR count). The summed E-state index contributed by atoms with van der Waals surface area (Å²) < 4.78 is 9.79. The van der Waals surface area contributed by atoms with Crippen LogP contribution >= 0.6 is 11.3 Å². The molecule has 1 heterocycles. The van der Waals surface area contributed by atoms with Crippen LogP contribution in [0, 0.1) is 5.92 Å². The second kappa shape index (κ2) is 8.92. The van der Waals surface area contributed by atoms with Crippen molar-refractivity contribution in [1.82, 2.24) is 4.98 Å². The number of hydrogen-bond donors (Lipinski definition) is 0. The molecule has 0 saturated carbocycles. The molecule has 0 radical (unpaired) electrons. The smallest absolute Gasteiger partial charge is 0.305 e. The van der Waals surface area contributed by atoms with E-state index in [0.717, 1.165) is 23.9 Å². The van der Waals surface area contributed by atoms with E-state index in [2.05, 4.69) is 28.5 Å². The van der Waals surface area contributed by atoms with E-state index in [0.29, 0.717) is 25.4 Å². The monoisotopic (exact) mass is 300 g/mol. The summed E-state index contributed by atoms with van der Waals surface area (Å²) >= 11 is 1.62. The van der Waals surface area contributed by atoms with Crippen molar-refractivity contribution in [3.05, 3.63) is 11.1 Å². The Balaban J connectivity index is 2.62. The molecule has 0 unspecified atom stereocenters. The molecule has 0 fully saturated rings. The Morgan fingerprint density at radius 3 is 2.80 bits per heavy atom. The molecular weight excluding hydrogens is 276 g/mol. The van der Waals surface area contributed by atoms with Gasteiger partial charge in [0.15, 0.2) is 5.13 Å². The Morgan fingerprint density at radius 2 is 2.20 bits per heavy atom.